The molecule has 2 saturated carbocycles. The number of thiazole rings is 1. The van der Waals surface area contributed by atoms with E-state index in [0.717, 1.165) is 102 Å². The van der Waals surface area contributed by atoms with E-state index >= 15 is 4.79 Å². The molecule has 5 aliphatic heterocycles. The number of piperazine rings is 1. The summed E-state index contributed by atoms with van der Waals surface area (Å²) in [6.07, 6.45) is 10.8. The molecular formula is C58H76N10O9S. The molecule has 19 nitrogen and oxygen atoms in total. The van der Waals surface area contributed by atoms with E-state index in [0.29, 0.717) is 82.6 Å². The number of carbonyl (C=O) groups is 3. The molecule has 2 amide bonds. The summed E-state index contributed by atoms with van der Waals surface area (Å²) in [6, 6.07) is 7.14. The molecule has 20 heteroatoms. The van der Waals surface area contributed by atoms with Crippen LogP contribution in [0.3, 0.4) is 0 Å². The highest BCUT2D eigenvalue weighted by atomic mass is 32.1. The molecule has 8 atom stereocenters. The zero-order valence-corrected chi connectivity index (χ0v) is 46.6. The van der Waals surface area contributed by atoms with Crippen molar-refractivity contribution in [1.82, 2.24) is 45.1 Å². The number of nitrogens with one attached hydrogen (secondary N) is 2. The van der Waals surface area contributed by atoms with Crippen LogP contribution in [0, 0.1) is 17.3 Å². The minimum absolute atomic E-state index is 0.00799. The second kappa shape index (κ2) is 22.7. The summed E-state index contributed by atoms with van der Waals surface area (Å²) < 4.78 is 38.6. The van der Waals surface area contributed by atoms with E-state index in [9.17, 15) is 9.59 Å². The molecule has 12 rings (SSSR count). The van der Waals surface area contributed by atoms with E-state index in [-0.39, 0.29) is 42.5 Å². The van der Waals surface area contributed by atoms with Crippen LogP contribution >= 0.6 is 11.3 Å². The summed E-state index contributed by atoms with van der Waals surface area (Å²) in [5.41, 5.74) is 11.2. The normalized spacial score (nSPS) is 27.8. The molecule has 6 fully saturated rings. The molecule has 2 aliphatic carbocycles. The van der Waals surface area contributed by atoms with Crippen LogP contribution in [0.15, 0.2) is 52.9 Å². The lowest BCUT2D eigenvalue weighted by Crippen LogP contribution is -2.63. The summed E-state index contributed by atoms with van der Waals surface area (Å²) in [5.74, 6) is -1.57. The molecule has 6 bridgehead atoms. The van der Waals surface area contributed by atoms with Gasteiger partial charge in [-0.1, -0.05) is 26.8 Å². The first-order valence-electron chi connectivity index (χ1n) is 28.5. The fourth-order valence-electron chi connectivity index (χ4n) is 12.8. The molecule has 2 N–H and O–H groups in total. The summed E-state index contributed by atoms with van der Waals surface area (Å²) in [4.78, 5) is 66.8. The number of aromatic nitrogens is 4. The number of hydrazine groups is 1. The number of hydrogen-bond acceptors (Lipinski definition) is 17. The minimum atomic E-state index is -1.07. The van der Waals surface area contributed by atoms with Crippen molar-refractivity contribution in [2.75, 3.05) is 97.5 Å². The number of amides is 2. The maximum absolute atomic E-state index is 15.3. The number of oxazole rings is 1. The number of ether oxygens (including phenoxy) is 5. The molecular weight excluding hydrogens is 1010 g/mol. The number of methoxy groups -OCH3 is 1. The van der Waals surface area contributed by atoms with Crippen molar-refractivity contribution >= 4 is 45.7 Å². The Kier molecular flexibility index (Phi) is 15.5. The van der Waals surface area contributed by atoms with Crippen molar-refractivity contribution in [3.05, 3.63) is 70.5 Å². The van der Waals surface area contributed by atoms with Gasteiger partial charge in [0, 0.05) is 117 Å². The zero-order valence-electron chi connectivity index (χ0n) is 45.8. The van der Waals surface area contributed by atoms with Crippen LogP contribution in [-0.2, 0) is 51.0 Å². The average molecular weight is 1090 g/mol. The highest BCUT2D eigenvalue weighted by Gasteiger charge is 2.55. The van der Waals surface area contributed by atoms with E-state index in [4.69, 9.17) is 38.1 Å². The van der Waals surface area contributed by atoms with Crippen LogP contribution in [0.1, 0.15) is 106 Å². The maximum Gasteiger partial charge on any atom is 0.324 e. The number of benzene rings is 1. The number of carbonyl (C=O) groups excluding carboxylic acids is 3. The number of morpholine rings is 1. The first-order valence-corrected chi connectivity index (χ1v) is 29.4. The third-order valence-electron chi connectivity index (χ3n) is 17.5. The minimum Gasteiger partial charge on any atom is -0.464 e. The van der Waals surface area contributed by atoms with E-state index in [1.807, 2.05) is 13.1 Å². The average Bonchev–Trinajstić information content (AvgIpc) is 4.41. The van der Waals surface area contributed by atoms with Crippen molar-refractivity contribution in [2.24, 2.45) is 17.3 Å². The molecule has 5 aromatic rings. The molecule has 78 heavy (non-hydrogen) atoms. The Hall–Kier alpha value is -5.32. The second-order valence-corrected chi connectivity index (χ2v) is 24.3. The SMILES string of the molecule is CO[C@@H](C)c1ncc(N2CCN(C3CC3)CC2)cc1-c1c2c3cc(ccc3n1CCOC1CCCOC1)-c1csc(n1)[C@@H](N1CCOCC1)[C@H](NC(=O)[C@@H]1[C@@H](C)[C@H]1c1cocn1)C(=O)N1CCC[C@H](N1)C(=O)OCC(C)(C)C2. The molecule has 418 valence electrons. The van der Waals surface area contributed by atoms with Gasteiger partial charge >= 0.3 is 5.97 Å². The fourth-order valence-corrected chi connectivity index (χ4v) is 13.8. The number of rotatable bonds is 13. The quantitative estimate of drug-likeness (QED) is 0.121. The number of hydrogen-bond donors (Lipinski definition) is 2. The summed E-state index contributed by atoms with van der Waals surface area (Å²) in [7, 11) is 1.74. The molecule has 7 aliphatic rings. The van der Waals surface area contributed by atoms with Crippen molar-refractivity contribution in [1.29, 1.82) is 0 Å². The van der Waals surface area contributed by atoms with Gasteiger partial charge in [-0.05, 0) is 81.5 Å². The summed E-state index contributed by atoms with van der Waals surface area (Å²) in [5, 5.41) is 8.62. The maximum atomic E-state index is 15.3. The first-order chi connectivity index (χ1) is 37.9. The van der Waals surface area contributed by atoms with Gasteiger partial charge in [0.1, 0.15) is 23.4 Å². The van der Waals surface area contributed by atoms with Crippen molar-refractivity contribution in [3.63, 3.8) is 0 Å². The van der Waals surface area contributed by atoms with Crippen molar-refractivity contribution < 1.29 is 42.5 Å². The second-order valence-electron chi connectivity index (χ2n) is 23.4. The number of cyclic esters (lactones) is 1. The van der Waals surface area contributed by atoms with E-state index in [2.05, 4.69) is 85.4 Å². The van der Waals surface area contributed by atoms with Gasteiger partial charge in [-0.2, -0.15) is 0 Å². The predicted octanol–water partition coefficient (Wildman–Crippen LogP) is 6.53. The Morgan fingerprint density at radius 3 is 2.56 bits per heavy atom. The summed E-state index contributed by atoms with van der Waals surface area (Å²) >= 11 is 1.49. The molecule has 0 radical (unpaired) electrons. The number of nitrogens with zero attached hydrogens (tertiary/aromatic N) is 8. The van der Waals surface area contributed by atoms with Gasteiger partial charge in [0.15, 0.2) is 6.39 Å². The molecule has 4 aromatic heterocycles. The topological polar surface area (TPSA) is 191 Å². The number of pyridine rings is 1. The highest BCUT2D eigenvalue weighted by molar-refractivity contribution is 7.10. The molecule has 1 unspecified atom stereocenters. The van der Waals surface area contributed by atoms with Crippen LogP contribution in [0.25, 0.3) is 33.4 Å². The smallest absolute Gasteiger partial charge is 0.324 e. The van der Waals surface area contributed by atoms with E-state index in [1.54, 1.807) is 13.4 Å². The summed E-state index contributed by atoms with van der Waals surface area (Å²) in [6.45, 7) is 17.1. The lowest BCUT2D eigenvalue weighted by Gasteiger charge is -2.41. The Bertz CT molecular complexity index is 2940. The number of fused-ring (bicyclic) bond motifs is 6. The standard InChI is InChI=1S/C58H76N10O9S/c1-35-48(45-31-75-34-60-45)49(35)54(69)62-51-53(66-19-23-73-24-20-66)55-61-46(32-78-55)37-10-13-47-41(26-37)43(28-58(3,4)33-77-57(71)44-9-6-14-68(63-44)56(51)70)52(67(47)21-25-76-40-8-7-22-74-30-40)42-27-39(29-59-50(42)36(2)72-5)65-17-15-64(16-18-65)38-11-12-38/h10,13,26-27,29,31-32,34-36,38,40,44,48-49,51,53,63H,6-9,11-12,14-25,28,30,33H2,1-5H3,(H,62,69)/t35-,36-,40?,44-,48-,49+,51-,53-/m0/s1. The van der Waals surface area contributed by atoms with Crippen molar-refractivity contribution in [3.8, 4) is 22.5 Å². The monoisotopic (exact) mass is 1090 g/mol. The van der Waals surface area contributed by atoms with E-state index < -0.39 is 35.4 Å². The third-order valence-corrected chi connectivity index (χ3v) is 18.4. The lowest BCUT2D eigenvalue weighted by atomic mass is 9.84. The highest BCUT2D eigenvalue weighted by Crippen LogP contribution is 2.53. The van der Waals surface area contributed by atoms with Gasteiger partial charge in [0.05, 0.1) is 85.9 Å². The zero-order chi connectivity index (χ0) is 53.7. The molecule has 0 spiro atoms. The largest absolute Gasteiger partial charge is 0.464 e. The third kappa shape index (κ3) is 11.0. The van der Waals surface area contributed by atoms with Gasteiger partial charge in [-0.3, -0.25) is 34.2 Å². The first kappa shape index (κ1) is 53.3. The van der Waals surface area contributed by atoms with Crippen LogP contribution in [-0.4, -0.2) is 169 Å². The Morgan fingerprint density at radius 1 is 0.974 bits per heavy atom. The van der Waals surface area contributed by atoms with Crippen LogP contribution in [0.5, 0.6) is 0 Å². The lowest BCUT2D eigenvalue weighted by molar-refractivity contribution is -0.156. The Morgan fingerprint density at radius 2 is 1.81 bits per heavy atom. The van der Waals surface area contributed by atoms with Crippen LogP contribution < -0.4 is 15.6 Å². The number of esters is 1. The van der Waals surface area contributed by atoms with Gasteiger partial charge in [-0.15, -0.1) is 11.3 Å². The van der Waals surface area contributed by atoms with Gasteiger partial charge < -0.3 is 42.9 Å². The van der Waals surface area contributed by atoms with E-state index in [1.165, 1.54) is 35.6 Å². The van der Waals surface area contributed by atoms with Gasteiger partial charge in [0.25, 0.3) is 5.91 Å². The molecule has 1 aromatic carbocycles. The van der Waals surface area contributed by atoms with Gasteiger partial charge in [-0.25, -0.2) is 15.4 Å². The van der Waals surface area contributed by atoms with Crippen LogP contribution in [0.2, 0.25) is 0 Å². The molecule has 9 heterocycles. The Balaban J connectivity index is 0.994. The molecule has 4 saturated heterocycles. The number of anilines is 1. The van der Waals surface area contributed by atoms with Crippen molar-refractivity contribution in [2.45, 2.75) is 121 Å². The Labute approximate surface area is 460 Å². The fraction of sp³-hybridized carbons (Fsp3) is 0.621. The van der Waals surface area contributed by atoms with Gasteiger partial charge in [0.2, 0.25) is 5.91 Å². The van der Waals surface area contributed by atoms with Crippen LogP contribution in [0.4, 0.5) is 5.69 Å². The predicted molar refractivity (Wildman–Crippen MR) is 294 cm³/mol.